The van der Waals surface area contributed by atoms with Gasteiger partial charge in [0, 0.05) is 22.9 Å². The van der Waals surface area contributed by atoms with Gasteiger partial charge in [0.2, 0.25) is 0 Å². The summed E-state index contributed by atoms with van der Waals surface area (Å²) in [5, 5.41) is 10.8. The van der Waals surface area contributed by atoms with Gasteiger partial charge in [0.1, 0.15) is 11.3 Å². The van der Waals surface area contributed by atoms with Gasteiger partial charge in [0.05, 0.1) is 30.9 Å². The van der Waals surface area contributed by atoms with Crippen LogP contribution < -0.4 is 0 Å². The number of methoxy groups -OCH3 is 2. The van der Waals surface area contributed by atoms with Crippen LogP contribution in [0.5, 0.6) is 5.75 Å². The van der Waals surface area contributed by atoms with E-state index in [9.17, 15) is 9.90 Å². The Morgan fingerprint density at radius 1 is 1.00 bits per heavy atom. The van der Waals surface area contributed by atoms with E-state index >= 15 is 0 Å². The quantitative estimate of drug-likeness (QED) is 0.382. The molecule has 0 atom stereocenters. The average molecular weight is 394 g/mol. The number of aromatic nitrogens is 2. The molecule has 1 heterocycles. The minimum absolute atomic E-state index is 0.0730. The van der Waals surface area contributed by atoms with E-state index in [0.717, 1.165) is 4.90 Å². The minimum atomic E-state index is -0.509. The Labute approximate surface area is 166 Å². The predicted molar refractivity (Wildman–Crippen MR) is 107 cm³/mol. The topological polar surface area (TPSA) is 81.5 Å². The fourth-order valence-corrected chi connectivity index (χ4v) is 3.59. The number of aromatic hydroxyl groups is 1. The van der Waals surface area contributed by atoms with Crippen LogP contribution in [0.15, 0.2) is 77.0 Å². The normalized spacial score (nSPS) is 11.1. The second-order valence-corrected chi connectivity index (χ2v) is 6.67. The van der Waals surface area contributed by atoms with Gasteiger partial charge >= 0.3 is 5.97 Å². The molecule has 0 aliphatic carbocycles. The Balaban J connectivity index is 2.02. The molecule has 142 valence electrons. The highest BCUT2D eigenvalue weighted by molar-refractivity contribution is 7.99. The Hall–Kier alpha value is -3.32. The number of phenols is 1. The first-order valence-corrected chi connectivity index (χ1v) is 9.15. The molecule has 0 amide bonds. The maximum absolute atomic E-state index is 12.2. The van der Waals surface area contributed by atoms with Crippen LogP contribution in [0, 0.1) is 0 Å². The van der Waals surface area contributed by atoms with Gasteiger partial charge in [-0.1, -0.05) is 36.0 Å². The van der Waals surface area contributed by atoms with Crippen molar-refractivity contribution in [3.05, 3.63) is 72.8 Å². The molecule has 1 N–H and O–H groups in total. The van der Waals surface area contributed by atoms with E-state index in [4.69, 9.17) is 9.47 Å². The van der Waals surface area contributed by atoms with Gasteiger partial charge < -0.3 is 14.6 Å². The second-order valence-electron chi connectivity index (χ2n) is 5.58. The van der Waals surface area contributed by atoms with Crippen molar-refractivity contribution in [2.24, 2.45) is 0 Å². The molecule has 0 radical (unpaired) electrons. The summed E-state index contributed by atoms with van der Waals surface area (Å²) in [6.07, 6.45) is 4.59. The number of carbonyl (C=O) groups excluding carboxylic acids is 1. The zero-order valence-corrected chi connectivity index (χ0v) is 16.1. The third-order valence-corrected chi connectivity index (χ3v) is 4.97. The van der Waals surface area contributed by atoms with Crippen molar-refractivity contribution in [1.29, 1.82) is 0 Å². The highest BCUT2D eigenvalue weighted by Gasteiger charge is 2.19. The lowest BCUT2D eigenvalue weighted by molar-refractivity contribution is -0.133. The van der Waals surface area contributed by atoms with Gasteiger partial charge in [0.15, 0.2) is 5.82 Å². The summed E-state index contributed by atoms with van der Waals surface area (Å²) in [6.45, 7) is 0. The predicted octanol–water partition coefficient (Wildman–Crippen LogP) is 4.16. The number of ether oxygens (including phenoxy) is 2. The Bertz CT molecular complexity index is 1010. The van der Waals surface area contributed by atoms with E-state index in [0.29, 0.717) is 21.8 Å². The minimum Gasteiger partial charge on any atom is -0.506 e. The Morgan fingerprint density at radius 2 is 1.71 bits per heavy atom. The van der Waals surface area contributed by atoms with Crippen molar-refractivity contribution in [2.45, 2.75) is 9.79 Å². The number of esters is 1. The van der Waals surface area contributed by atoms with Crippen LogP contribution >= 0.6 is 11.8 Å². The summed E-state index contributed by atoms with van der Waals surface area (Å²) in [7, 11) is 2.78. The van der Waals surface area contributed by atoms with E-state index in [2.05, 4.69) is 9.97 Å². The number of phenolic OH excluding ortho intramolecular Hbond substituents is 1. The molecule has 0 bridgehead atoms. The molecule has 0 spiro atoms. The fourth-order valence-electron chi connectivity index (χ4n) is 2.57. The molecule has 28 heavy (non-hydrogen) atoms. The van der Waals surface area contributed by atoms with Crippen molar-refractivity contribution < 1.29 is 19.4 Å². The third kappa shape index (κ3) is 4.15. The van der Waals surface area contributed by atoms with Crippen LogP contribution in [0.25, 0.3) is 17.0 Å². The molecule has 0 unspecified atom stereocenters. The highest BCUT2D eigenvalue weighted by atomic mass is 32.2. The summed E-state index contributed by atoms with van der Waals surface area (Å²) in [5.41, 5.74) is 1.46. The maximum Gasteiger partial charge on any atom is 0.341 e. The summed E-state index contributed by atoms with van der Waals surface area (Å²) in [6, 6.07) is 14.4. The van der Waals surface area contributed by atoms with Gasteiger partial charge in [-0.05, 0) is 24.3 Å². The number of hydrogen-bond acceptors (Lipinski definition) is 7. The molecule has 0 saturated carbocycles. The largest absolute Gasteiger partial charge is 0.506 e. The van der Waals surface area contributed by atoms with Gasteiger partial charge in [0.25, 0.3) is 0 Å². The van der Waals surface area contributed by atoms with E-state index in [1.54, 1.807) is 36.7 Å². The van der Waals surface area contributed by atoms with E-state index in [1.165, 1.54) is 32.2 Å². The molecule has 2 aromatic carbocycles. The first-order chi connectivity index (χ1) is 13.7. The molecular formula is C21H18N2O4S. The number of nitrogens with zero attached hydrogens (tertiary/aromatic N) is 2. The smallest absolute Gasteiger partial charge is 0.341 e. The molecule has 3 rings (SSSR count). The van der Waals surface area contributed by atoms with Gasteiger partial charge in [-0.3, -0.25) is 0 Å². The third-order valence-electron chi connectivity index (χ3n) is 3.84. The lowest BCUT2D eigenvalue weighted by Gasteiger charge is -2.13. The van der Waals surface area contributed by atoms with Crippen molar-refractivity contribution >= 4 is 23.3 Å². The van der Waals surface area contributed by atoms with E-state index < -0.39 is 5.97 Å². The zero-order chi connectivity index (χ0) is 19.9. The summed E-state index contributed by atoms with van der Waals surface area (Å²) in [4.78, 5) is 21.9. The standard InChI is InChI=1S/C21H18N2O4S/c1-26-13-16(21(25)27-2)14-7-3-4-9-17(14)28-18-10-5-8-15(19(18)24)20-22-11-6-12-23-20/h3-13,24H,1-2H3/b16-13+. The number of rotatable bonds is 6. The van der Waals surface area contributed by atoms with Crippen LogP contribution in [0.4, 0.5) is 0 Å². The van der Waals surface area contributed by atoms with Crippen LogP contribution in [0.2, 0.25) is 0 Å². The molecule has 0 saturated heterocycles. The van der Waals surface area contributed by atoms with Crippen LogP contribution in [-0.4, -0.2) is 35.3 Å². The van der Waals surface area contributed by atoms with Crippen molar-refractivity contribution in [2.75, 3.05) is 14.2 Å². The molecule has 3 aromatic rings. The molecule has 0 fully saturated rings. The molecule has 1 aromatic heterocycles. The fraction of sp³-hybridized carbons (Fsp3) is 0.0952. The molecular weight excluding hydrogens is 376 g/mol. The lowest BCUT2D eigenvalue weighted by atomic mass is 10.1. The first-order valence-electron chi connectivity index (χ1n) is 8.33. The number of hydrogen-bond donors (Lipinski definition) is 1. The summed E-state index contributed by atoms with van der Waals surface area (Å²) in [5.74, 6) is -0.000311. The molecule has 0 aliphatic heterocycles. The van der Waals surface area contributed by atoms with Crippen LogP contribution in [0.1, 0.15) is 5.56 Å². The van der Waals surface area contributed by atoms with E-state index in [1.807, 2.05) is 24.3 Å². The highest BCUT2D eigenvalue weighted by Crippen LogP contribution is 2.41. The summed E-state index contributed by atoms with van der Waals surface area (Å²) < 4.78 is 9.91. The number of benzene rings is 2. The van der Waals surface area contributed by atoms with Crippen molar-refractivity contribution in [1.82, 2.24) is 9.97 Å². The lowest BCUT2D eigenvalue weighted by Crippen LogP contribution is -2.05. The van der Waals surface area contributed by atoms with Crippen molar-refractivity contribution in [3.8, 4) is 17.1 Å². The van der Waals surface area contributed by atoms with E-state index in [-0.39, 0.29) is 11.3 Å². The second kappa shape index (κ2) is 9.05. The SMILES string of the molecule is CO/C=C(/C(=O)OC)c1ccccc1Sc1cccc(-c2ncccn2)c1O. The Morgan fingerprint density at radius 3 is 2.43 bits per heavy atom. The molecule has 0 aliphatic rings. The average Bonchev–Trinajstić information content (AvgIpc) is 2.74. The number of carbonyl (C=O) groups is 1. The zero-order valence-electron chi connectivity index (χ0n) is 15.3. The molecule has 6 nitrogen and oxygen atoms in total. The monoisotopic (exact) mass is 394 g/mol. The van der Waals surface area contributed by atoms with Gasteiger partial charge in [-0.15, -0.1) is 0 Å². The van der Waals surface area contributed by atoms with Crippen molar-refractivity contribution in [3.63, 3.8) is 0 Å². The Kier molecular flexibility index (Phi) is 6.29. The molecule has 7 heteroatoms. The van der Waals surface area contributed by atoms with Crippen LogP contribution in [-0.2, 0) is 14.3 Å². The van der Waals surface area contributed by atoms with Gasteiger partial charge in [-0.2, -0.15) is 0 Å². The summed E-state index contributed by atoms with van der Waals surface area (Å²) >= 11 is 1.32. The first kappa shape index (κ1) is 19.4. The number of para-hydroxylation sites is 1. The van der Waals surface area contributed by atoms with Crippen LogP contribution in [0.3, 0.4) is 0 Å². The maximum atomic E-state index is 12.2. The van der Waals surface area contributed by atoms with Gasteiger partial charge in [-0.25, -0.2) is 14.8 Å².